The Bertz CT molecular complexity index is 747. The number of hydrogen-bond donors (Lipinski definition) is 0. The van der Waals surface area contributed by atoms with E-state index in [-0.39, 0.29) is 17.8 Å². The number of halogens is 1. The van der Waals surface area contributed by atoms with Gasteiger partial charge < -0.3 is 4.74 Å². The number of unbranched alkanes of at least 4 members (excludes halogenated alkanes) is 1. The standard InChI is InChI=1S/C24H30ClNO2/c1-28-24(27)23-21(18-10-6-11-19(25)15-18)16-20-12-13-22(23)26(20)14-5-4-9-17-7-2-3-8-17/h2-3,6-8,10-11,15,17,20-23H,4-5,9,12-14,16H2,1H3/t20-,21+,22+,23-/m0/s1. The van der Waals surface area contributed by atoms with E-state index in [1.807, 2.05) is 18.2 Å². The highest BCUT2D eigenvalue weighted by atomic mass is 35.5. The molecular weight excluding hydrogens is 370 g/mol. The highest BCUT2D eigenvalue weighted by molar-refractivity contribution is 6.30. The number of piperidine rings is 1. The summed E-state index contributed by atoms with van der Waals surface area (Å²) in [6.07, 6.45) is 15.8. The number of fused-ring (bicyclic) bond motifs is 2. The lowest BCUT2D eigenvalue weighted by molar-refractivity contribution is -0.150. The highest BCUT2D eigenvalue weighted by Gasteiger charge is 2.50. The van der Waals surface area contributed by atoms with Gasteiger partial charge in [0, 0.05) is 23.0 Å². The van der Waals surface area contributed by atoms with E-state index < -0.39 is 0 Å². The van der Waals surface area contributed by atoms with Crippen LogP contribution in [0.15, 0.2) is 48.6 Å². The highest BCUT2D eigenvalue weighted by Crippen LogP contribution is 2.47. The maximum absolute atomic E-state index is 12.8. The van der Waals surface area contributed by atoms with E-state index in [9.17, 15) is 4.79 Å². The van der Waals surface area contributed by atoms with Crippen LogP contribution in [0.1, 0.15) is 50.0 Å². The van der Waals surface area contributed by atoms with E-state index >= 15 is 0 Å². The summed E-state index contributed by atoms with van der Waals surface area (Å²) < 4.78 is 5.25. The lowest BCUT2D eigenvalue weighted by atomic mass is 9.76. The van der Waals surface area contributed by atoms with E-state index in [1.54, 1.807) is 0 Å². The first-order valence-electron chi connectivity index (χ1n) is 10.6. The summed E-state index contributed by atoms with van der Waals surface area (Å²) in [6.45, 7) is 1.09. The molecule has 4 atom stereocenters. The van der Waals surface area contributed by atoms with E-state index in [4.69, 9.17) is 16.3 Å². The van der Waals surface area contributed by atoms with Crippen molar-refractivity contribution in [3.63, 3.8) is 0 Å². The van der Waals surface area contributed by atoms with Crippen LogP contribution in [0.2, 0.25) is 5.02 Å². The van der Waals surface area contributed by atoms with Gasteiger partial charge in [0.05, 0.1) is 13.0 Å². The fraction of sp³-hybridized carbons (Fsp3) is 0.542. The second-order valence-electron chi connectivity index (χ2n) is 8.41. The topological polar surface area (TPSA) is 29.5 Å². The molecule has 2 saturated heterocycles. The Balaban J connectivity index is 1.44. The number of methoxy groups -OCH3 is 1. The molecule has 3 aliphatic rings. The quantitative estimate of drug-likeness (QED) is 0.456. The summed E-state index contributed by atoms with van der Waals surface area (Å²) in [6, 6.07) is 8.90. The number of benzene rings is 1. The average molecular weight is 400 g/mol. The fourth-order valence-corrected chi connectivity index (χ4v) is 5.74. The van der Waals surface area contributed by atoms with Gasteiger partial charge >= 0.3 is 5.97 Å². The van der Waals surface area contributed by atoms with Crippen molar-refractivity contribution in [3.05, 3.63) is 59.2 Å². The van der Waals surface area contributed by atoms with Gasteiger partial charge in [0.1, 0.15) is 0 Å². The molecule has 0 spiro atoms. The number of nitrogens with zero attached hydrogens (tertiary/aromatic N) is 1. The maximum Gasteiger partial charge on any atom is 0.310 e. The van der Waals surface area contributed by atoms with Gasteiger partial charge in [-0.3, -0.25) is 9.69 Å². The molecular formula is C24H30ClNO2. The summed E-state index contributed by atoms with van der Waals surface area (Å²) >= 11 is 6.24. The van der Waals surface area contributed by atoms with E-state index in [0.29, 0.717) is 18.0 Å². The summed E-state index contributed by atoms with van der Waals surface area (Å²) in [4.78, 5) is 15.4. The molecule has 0 aromatic heterocycles. The van der Waals surface area contributed by atoms with Crippen molar-refractivity contribution in [1.82, 2.24) is 4.90 Å². The number of carbonyl (C=O) groups is 1. The molecule has 4 rings (SSSR count). The predicted octanol–water partition coefficient (Wildman–Crippen LogP) is 5.36. The maximum atomic E-state index is 12.8. The zero-order valence-corrected chi connectivity index (χ0v) is 17.4. The first-order chi connectivity index (χ1) is 13.7. The number of ether oxygens (including phenoxy) is 1. The van der Waals surface area contributed by atoms with Crippen molar-refractivity contribution < 1.29 is 9.53 Å². The van der Waals surface area contributed by atoms with Gasteiger partial charge in [-0.05, 0) is 62.3 Å². The van der Waals surface area contributed by atoms with Gasteiger partial charge in [-0.15, -0.1) is 0 Å². The second kappa shape index (κ2) is 8.84. The lowest BCUT2D eigenvalue weighted by Gasteiger charge is -2.43. The van der Waals surface area contributed by atoms with E-state index in [2.05, 4.69) is 35.3 Å². The van der Waals surface area contributed by atoms with Gasteiger partial charge in [-0.1, -0.05) is 54.5 Å². The molecule has 0 radical (unpaired) electrons. The third-order valence-electron chi connectivity index (χ3n) is 6.85. The van der Waals surface area contributed by atoms with Gasteiger partial charge in [0.2, 0.25) is 0 Å². The first kappa shape index (κ1) is 19.7. The molecule has 2 aliphatic heterocycles. The van der Waals surface area contributed by atoms with Gasteiger partial charge in [0.25, 0.3) is 0 Å². The fourth-order valence-electron chi connectivity index (χ4n) is 5.54. The average Bonchev–Trinajstić information content (AvgIpc) is 3.31. The lowest BCUT2D eigenvalue weighted by Crippen LogP contribution is -2.51. The van der Waals surface area contributed by atoms with Crippen LogP contribution in [0.25, 0.3) is 0 Å². The molecule has 1 aromatic rings. The normalized spacial score (nSPS) is 29.5. The summed E-state index contributed by atoms with van der Waals surface area (Å²) in [7, 11) is 1.52. The van der Waals surface area contributed by atoms with Crippen molar-refractivity contribution in [1.29, 1.82) is 0 Å². The molecule has 0 amide bonds. The van der Waals surface area contributed by atoms with Crippen LogP contribution in [0.4, 0.5) is 0 Å². The molecule has 4 heteroatoms. The third-order valence-corrected chi connectivity index (χ3v) is 7.08. The summed E-state index contributed by atoms with van der Waals surface area (Å²) in [5.41, 5.74) is 1.18. The molecule has 0 saturated carbocycles. The van der Waals surface area contributed by atoms with Crippen molar-refractivity contribution in [2.24, 2.45) is 11.8 Å². The Morgan fingerprint density at radius 1 is 1.21 bits per heavy atom. The summed E-state index contributed by atoms with van der Waals surface area (Å²) in [5, 5.41) is 0.742. The van der Waals surface area contributed by atoms with Crippen LogP contribution in [0.3, 0.4) is 0 Å². The number of hydrogen-bond acceptors (Lipinski definition) is 3. The molecule has 2 heterocycles. The molecule has 0 N–H and O–H groups in total. The zero-order valence-electron chi connectivity index (χ0n) is 16.6. The van der Waals surface area contributed by atoms with Crippen LogP contribution < -0.4 is 0 Å². The Labute approximate surface area is 173 Å². The SMILES string of the molecule is COC(=O)[C@H]1[C@@H](c2cccc(Cl)c2)C[C@@H]2CC[C@H]1N2CCCCC1C=CC=C1. The summed E-state index contributed by atoms with van der Waals surface area (Å²) in [5.74, 6) is 0.659. The van der Waals surface area contributed by atoms with Crippen LogP contribution in [0, 0.1) is 11.8 Å². The van der Waals surface area contributed by atoms with Gasteiger partial charge in [-0.2, -0.15) is 0 Å². The Hall–Kier alpha value is -1.58. The van der Waals surface area contributed by atoms with E-state index in [0.717, 1.165) is 24.4 Å². The number of allylic oxidation sites excluding steroid dienone is 4. The minimum atomic E-state index is -0.0945. The monoisotopic (exact) mass is 399 g/mol. The van der Waals surface area contributed by atoms with Crippen LogP contribution in [-0.4, -0.2) is 36.6 Å². The molecule has 1 aliphatic carbocycles. The molecule has 28 heavy (non-hydrogen) atoms. The van der Waals surface area contributed by atoms with Crippen molar-refractivity contribution in [2.45, 2.75) is 56.5 Å². The molecule has 1 aromatic carbocycles. The number of esters is 1. The Morgan fingerprint density at radius 3 is 2.79 bits per heavy atom. The van der Waals surface area contributed by atoms with Crippen LogP contribution in [-0.2, 0) is 9.53 Å². The largest absolute Gasteiger partial charge is 0.469 e. The predicted molar refractivity (Wildman–Crippen MR) is 113 cm³/mol. The van der Waals surface area contributed by atoms with Crippen LogP contribution >= 0.6 is 11.6 Å². The number of carbonyl (C=O) groups excluding carboxylic acids is 1. The molecule has 0 unspecified atom stereocenters. The Kier molecular flexibility index (Phi) is 6.22. The molecule has 2 fully saturated rings. The third kappa shape index (κ3) is 4.06. The van der Waals surface area contributed by atoms with E-state index in [1.165, 1.54) is 38.4 Å². The minimum absolute atomic E-state index is 0.0680. The Morgan fingerprint density at radius 2 is 2.04 bits per heavy atom. The van der Waals surface area contributed by atoms with Crippen molar-refractivity contribution in [2.75, 3.05) is 13.7 Å². The van der Waals surface area contributed by atoms with Crippen molar-refractivity contribution >= 4 is 17.6 Å². The van der Waals surface area contributed by atoms with Crippen LogP contribution in [0.5, 0.6) is 0 Å². The van der Waals surface area contributed by atoms with Gasteiger partial charge in [0.15, 0.2) is 0 Å². The molecule has 3 nitrogen and oxygen atoms in total. The first-order valence-corrected chi connectivity index (χ1v) is 11.0. The minimum Gasteiger partial charge on any atom is -0.469 e. The molecule has 2 bridgehead atoms. The second-order valence-corrected chi connectivity index (χ2v) is 8.85. The molecule has 150 valence electrons. The number of rotatable bonds is 7. The zero-order chi connectivity index (χ0) is 19.5. The smallest absolute Gasteiger partial charge is 0.310 e. The van der Waals surface area contributed by atoms with Gasteiger partial charge in [-0.25, -0.2) is 0 Å². The van der Waals surface area contributed by atoms with Crippen molar-refractivity contribution in [3.8, 4) is 0 Å².